The molecule has 152 valence electrons. The molecule has 10 heteroatoms. The van der Waals surface area contributed by atoms with Crippen molar-refractivity contribution in [1.29, 1.82) is 5.26 Å². The van der Waals surface area contributed by atoms with Crippen molar-refractivity contribution in [3.05, 3.63) is 50.4 Å². The van der Waals surface area contributed by atoms with E-state index in [1.807, 2.05) is 0 Å². The third kappa shape index (κ3) is 4.47. The van der Waals surface area contributed by atoms with E-state index in [0.717, 1.165) is 43.2 Å². The largest absolute Gasteiger partial charge is 0.462 e. The highest BCUT2D eigenvalue weighted by Crippen LogP contribution is 2.32. The predicted molar refractivity (Wildman–Crippen MR) is 110 cm³/mol. The Morgan fingerprint density at radius 3 is 2.52 bits per heavy atom. The Bertz CT molecular complexity index is 943. The first-order valence-corrected chi connectivity index (χ1v) is 9.96. The molecular formula is C19H21N5O4S. The van der Waals surface area contributed by atoms with Gasteiger partial charge in [-0.2, -0.15) is 5.26 Å². The smallest absolute Gasteiger partial charge is 0.348 e. The van der Waals surface area contributed by atoms with Crippen molar-refractivity contribution >= 4 is 33.7 Å². The molecule has 0 radical (unpaired) electrons. The summed E-state index contributed by atoms with van der Waals surface area (Å²) in [5, 5.41) is 20.6. The second-order valence-electron chi connectivity index (χ2n) is 6.52. The van der Waals surface area contributed by atoms with Gasteiger partial charge in [0.1, 0.15) is 15.9 Å². The van der Waals surface area contributed by atoms with Gasteiger partial charge in [-0.05, 0) is 19.1 Å². The van der Waals surface area contributed by atoms with Crippen molar-refractivity contribution in [2.24, 2.45) is 0 Å². The summed E-state index contributed by atoms with van der Waals surface area (Å²) in [6.45, 7) is 5.34. The van der Waals surface area contributed by atoms with Crippen LogP contribution in [0.1, 0.15) is 27.7 Å². The Morgan fingerprint density at radius 2 is 1.97 bits per heavy atom. The zero-order valence-electron chi connectivity index (χ0n) is 16.0. The maximum absolute atomic E-state index is 12.2. The second-order valence-corrected chi connectivity index (χ2v) is 7.57. The van der Waals surface area contributed by atoms with Gasteiger partial charge in [-0.25, -0.2) is 4.79 Å². The van der Waals surface area contributed by atoms with Crippen molar-refractivity contribution in [3.8, 4) is 6.07 Å². The fraction of sp³-hybridized carbons (Fsp3) is 0.368. The molecule has 0 bridgehead atoms. The van der Waals surface area contributed by atoms with Gasteiger partial charge in [0.05, 0.1) is 17.1 Å². The standard InChI is InChI=1S/C19H21N5O4S/c1-2-28-19(25)17-16(15(11-20)18(21)29-17)12-22-7-9-23(10-8-22)13-3-5-14(6-4-13)24(26)27/h3-6H,2,7-10,12,21H2,1H3. The first kappa shape index (κ1) is 20.6. The Balaban J connectivity index is 1.69. The Labute approximate surface area is 172 Å². The number of benzene rings is 1. The zero-order chi connectivity index (χ0) is 21.0. The van der Waals surface area contributed by atoms with Crippen LogP contribution in [0.15, 0.2) is 24.3 Å². The monoisotopic (exact) mass is 415 g/mol. The molecule has 0 saturated carbocycles. The third-order valence-corrected chi connectivity index (χ3v) is 5.83. The number of hydrogen-bond donors (Lipinski definition) is 1. The summed E-state index contributed by atoms with van der Waals surface area (Å²) in [7, 11) is 0. The van der Waals surface area contributed by atoms with Crippen LogP contribution >= 0.6 is 11.3 Å². The number of ether oxygens (including phenoxy) is 1. The summed E-state index contributed by atoms with van der Waals surface area (Å²) in [6.07, 6.45) is 0. The van der Waals surface area contributed by atoms with Crippen molar-refractivity contribution < 1.29 is 14.5 Å². The summed E-state index contributed by atoms with van der Waals surface area (Å²) in [6, 6.07) is 8.61. The number of nitro groups is 1. The first-order chi connectivity index (χ1) is 13.9. The van der Waals surface area contributed by atoms with Crippen molar-refractivity contribution in [2.45, 2.75) is 13.5 Å². The number of carbonyl (C=O) groups excluding carboxylic acids is 1. The van der Waals surface area contributed by atoms with E-state index in [1.54, 1.807) is 19.1 Å². The third-order valence-electron chi connectivity index (χ3n) is 4.79. The highest BCUT2D eigenvalue weighted by atomic mass is 32.1. The summed E-state index contributed by atoms with van der Waals surface area (Å²) in [5.74, 6) is -0.454. The van der Waals surface area contributed by atoms with Crippen LogP contribution in [0, 0.1) is 21.4 Å². The van der Waals surface area contributed by atoms with Crippen LogP contribution in [-0.4, -0.2) is 48.6 Å². The highest BCUT2D eigenvalue weighted by Gasteiger charge is 2.26. The number of nitrogens with two attached hydrogens (primary N) is 1. The van der Waals surface area contributed by atoms with Crippen LogP contribution in [0.4, 0.5) is 16.4 Å². The molecule has 1 aliphatic rings. The van der Waals surface area contributed by atoms with Gasteiger partial charge < -0.3 is 15.4 Å². The quantitative estimate of drug-likeness (QED) is 0.433. The summed E-state index contributed by atoms with van der Waals surface area (Å²) in [5.41, 5.74) is 7.90. The SMILES string of the molecule is CCOC(=O)c1sc(N)c(C#N)c1CN1CCN(c2ccc([N+](=O)[O-])cc2)CC1. The van der Waals surface area contributed by atoms with Crippen LogP contribution in [0.3, 0.4) is 0 Å². The van der Waals surface area contributed by atoms with Crippen LogP contribution in [-0.2, 0) is 11.3 Å². The van der Waals surface area contributed by atoms with Gasteiger partial charge >= 0.3 is 5.97 Å². The van der Waals surface area contributed by atoms with Crippen LogP contribution in [0.25, 0.3) is 0 Å². The van der Waals surface area contributed by atoms with E-state index in [2.05, 4.69) is 15.9 Å². The number of rotatable bonds is 6. The molecule has 29 heavy (non-hydrogen) atoms. The van der Waals surface area contributed by atoms with E-state index in [0.29, 0.717) is 27.5 Å². The van der Waals surface area contributed by atoms with Crippen LogP contribution < -0.4 is 10.6 Å². The number of non-ortho nitro benzene ring substituents is 1. The van der Waals surface area contributed by atoms with Gasteiger partial charge in [-0.15, -0.1) is 11.3 Å². The van der Waals surface area contributed by atoms with Crippen LogP contribution in [0.5, 0.6) is 0 Å². The number of nitriles is 1. The number of thiophene rings is 1. The number of hydrogen-bond acceptors (Lipinski definition) is 9. The number of carbonyl (C=O) groups is 1. The fourth-order valence-electron chi connectivity index (χ4n) is 3.29. The average Bonchev–Trinajstić information content (AvgIpc) is 3.04. The summed E-state index contributed by atoms with van der Waals surface area (Å²) >= 11 is 1.09. The topological polar surface area (TPSA) is 126 Å². The number of nitro benzene ring substituents is 1. The lowest BCUT2D eigenvalue weighted by Gasteiger charge is -2.36. The molecule has 9 nitrogen and oxygen atoms in total. The number of piperazine rings is 1. The molecule has 2 N–H and O–H groups in total. The maximum Gasteiger partial charge on any atom is 0.348 e. The van der Waals surface area contributed by atoms with E-state index >= 15 is 0 Å². The van der Waals surface area contributed by atoms with Crippen molar-refractivity contribution in [3.63, 3.8) is 0 Å². The molecule has 1 fully saturated rings. The molecule has 1 aliphatic heterocycles. The highest BCUT2D eigenvalue weighted by molar-refractivity contribution is 7.18. The van der Waals surface area contributed by atoms with Crippen molar-refractivity contribution in [1.82, 2.24) is 4.90 Å². The molecule has 0 amide bonds. The molecular weight excluding hydrogens is 394 g/mol. The second kappa shape index (κ2) is 8.89. The van der Waals surface area contributed by atoms with Gasteiger partial charge in [0.15, 0.2) is 0 Å². The normalized spacial score (nSPS) is 14.4. The molecule has 1 aromatic heterocycles. The molecule has 0 atom stereocenters. The molecule has 2 aromatic rings. The molecule has 1 aromatic carbocycles. The minimum absolute atomic E-state index is 0.0676. The molecule has 0 unspecified atom stereocenters. The Hall–Kier alpha value is -3.16. The van der Waals surface area contributed by atoms with Gasteiger partial charge in [0, 0.05) is 56.1 Å². The molecule has 0 aliphatic carbocycles. The zero-order valence-corrected chi connectivity index (χ0v) is 16.8. The lowest BCUT2D eigenvalue weighted by Crippen LogP contribution is -2.46. The Morgan fingerprint density at radius 1 is 1.31 bits per heavy atom. The van der Waals surface area contributed by atoms with E-state index < -0.39 is 10.9 Å². The fourth-order valence-corrected chi connectivity index (χ4v) is 4.22. The minimum atomic E-state index is -0.454. The first-order valence-electron chi connectivity index (χ1n) is 9.14. The molecule has 3 rings (SSSR count). The van der Waals surface area contributed by atoms with E-state index in [4.69, 9.17) is 10.5 Å². The van der Waals surface area contributed by atoms with Crippen LogP contribution in [0.2, 0.25) is 0 Å². The van der Waals surface area contributed by atoms with Gasteiger partial charge in [-0.1, -0.05) is 0 Å². The van der Waals surface area contributed by atoms with E-state index in [9.17, 15) is 20.2 Å². The number of anilines is 2. The van der Waals surface area contributed by atoms with Gasteiger partial charge in [0.25, 0.3) is 5.69 Å². The summed E-state index contributed by atoms with van der Waals surface area (Å²) in [4.78, 5) is 27.3. The van der Waals surface area contributed by atoms with Gasteiger partial charge in [-0.3, -0.25) is 15.0 Å². The molecule has 1 saturated heterocycles. The lowest BCUT2D eigenvalue weighted by atomic mass is 10.1. The van der Waals surface area contributed by atoms with Crippen molar-refractivity contribution in [2.75, 3.05) is 43.4 Å². The Kier molecular flexibility index (Phi) is 6.31. The van der Waals surface area contributed by atoms with E-state index in [1.165, 1.54) is 12.1 Å². The maximum atomic E-state index is 12.2. The predicted octanol–water partition coefficient (Wildman–Crippen LogP) is 2.61. The average molecular weight is 415 g/mol. The number of nitrogens with zero attached hydrogens (tertiary/aromatic N) is 4. The van der Waals surface area contributed by atoms with Gasteiger partial charge in [0.2, 0.25) is 0 Å². The molecule has 2 heterocycles. The van der Waals surface area contributed by atoms with E-state index in [-0.39, 0.29) is 12.3 Å². The number of nitrogen functional groups attached to an aromatic ring is 1. The number of esters is 1. The summed E-state index contributed by atoms with van der Waals surface area (Å²) < 4.78 is 5.10. The molecule has 0 spiro atoms. The minimum Gasteiger partial charge on any atom is -0.462 e. The lowest BCUT2D eigenvalue weighted by molar-refractivity contribution is -0.384.